The summed E-state index contributed by atoms with van der Waals surface area (Å²) >= 11 is 0. The lowest BCUT2D eigenvalue weighted by molar-refractivity contribution is -0.907. The van der Waals surface area contributed by atoms with Gasteiger partial charge in [-0.05, 0) is 0 Å². The van der Waals surface area contributed by atoms with Crippen LogP contribution in [0.15, 0.2) is 0 Å². The first-order chi connectivity index (χ1) is 5.06. The Morgan fingerprint density at radius 2 is 1.67 bits per heavy atom. The second-order valence-corrected chi connectivity index (χ2v) is 6.18. The van der Waals surface area contributed by atoms with Gasteiger partial charge in [0.05, 0.1) is 21.1 Å². The summed E-state index contributed by atoms with van der Waals surface area (Å²) in [6.07, 6.45) is 0.459. The first-order valence-corrected chi connectivity index (χ1v) is 5.54. The summed E-state index contributed by atoms with van der Waals surface area (Å²) < 4.78 is 11.5. The zero-order chi connectivity index (χ0) is 10.2. The fourth-order valence-electron chi connectivity index (χ4n) is 1.07. The van der Waals surface area contributed by atoms with Crippen LogP contribution in [0.2, 0.25) is 0 Å². The summed E-state index contributed by atoms with van der Waals surface area (Å²) in [7, 11) is 1.35. The quantitative estimate of drug-likeness (QED) is 0.523. The molecule has 0 bridgehead atoms. The van der Waals surface area contributed by atoms with E-state index in [0.717, 1.165) is 0 Å². The van der Waals surface area contributed by atoms with Gasteiger partial charge in [0, 0.05) is 13.3 Å². The van der Waals surface area contributed by atoms with Crippen LogP contribution in [0.3, 0.4) is 0 Å². The van der Waals surface area contributed by atoms with Gasteiger partial charge in [0.15, 0.2) is 5.28 Å². The predicted octanol–water partition coefficient (Wildman–Crippen LogP) is 0.996. The highest BCUT2D eigenvalue weighted by molar-refractivity contribution is 7.53. The van der Waals surface area contributed by atoms with Gasteiger partial charge in [-0.1, -0.05) is 6.92 Å². The van der Waals surface area contributed by atoms with E-state index in [1.165, 1.54) is 0 Å². The molecule has 1 atom stereocenters. The van der Waals surface area contributed by atoms with E-state index in [-0.39, 0.29) is 4.48 Å². The molecule has 0 radical (unpaired) electrons. The average Bonchev–Trinajstić information content (AvgIpc) is 1.81. The van der Waals surface area contributed by atoms with Gasteiger partial charge in [-0.15, -0.1) is 0 Å². The molecule has 0 saturated carbocycles. The molecule has 0 aliphatic carbocycles. The Hall–Kier alpha value is 0.110. The van der Waals surface area contributed by atoms with Crippen molar-refractivity contribution >= 4 is 7.60 Å². The Kier molecular flexibility index (Phi) is 3.14. The third kappa shape index (κ3) is 1.88. The lowest BCUT2D eigenvalue weighted by Crippen LogP contribution is -2.54. The number of quaternary nitrogens is 1. The van der Waals surface area contributed by atoms with Crippen LogP contribution >= 0.6 is 7.60 Å². The van der Waals surface area contributed by atoms with E-state index < -0.39 is 12.9 Å². The van der Waals surface area contributed by atoms with Crippen molar-refractivity contribution in [3.63, 3.8) is 0 Å². The van der Waals surface area contributed by atoms with Crippen molar-refractivity contribution in [3.8, 4) is 0 Å². The van der Waals surface area contributed by atoms with E-state index in [0.29, 0.717) is 6.42 Å². The smallest absolute Gasteiger partial charge is 0.320 e. The van der Waals surface area contributed by atoms with E-state index in [4.69, 9.17) is 9.79 Å². The van der Waals surface area contributed by atoms with Crippen molar-refractivity contribution in [2.45, 2.75) is 25.5 Å². The molecule has 0 aromatic rings. The molecule has 0 heterocycles. The molecule has 0 aromatic heterocycles. The van der Waals surface area contributed by atoms with Gasteiger partial charge in [0.1, 0.15) is 0 Å². The second kappa shape index (κ2) is 3.11. The lowest BCUT2D eigenvalue weighted by Gasteiger charge is -2.42. The Balaban J connectivity index is 5.10. The van der Waals surface area contributed by atoms with Gasteiger partial charge in [0.2, 0.25) is 0 Å². The summed E-state index contributed by atoms with van der Waals surface area (Å²) in [5, 5.41) is -0.979. The van der Waals surface area contributed by atoms with Crippen molar-refractivity contribution in [2.24, 2.45) is 0 Å². The van der Waals surface area contributed by atoms with Gasteiger partial charge >= 0.3 is 7.60 Å². The maximum atomic E-state index is 11.2. The van der Waals surface area contributed by atoms with Crippen LogP contribution in [0.4, 0.5) is 0 Å². The maximum absolute atomic E-state index is 11.2. The Morgan fingerprint density at radius 3 is 1.67 bits per heavy atom. The van der Waals surface area contributed by atoms with E-state index in [1.54, 1.807) is 35.0 Å². The minimum absolute atomic E-state index is 0.272. The SMILES string of the molecule is CCC(C)([N+](C)(C)C)P(=O)(O)O. The van der Waals surface area contributed by atoms with Gasteiger partial charge in [-0.2, -0.15) is 0 Å². The van der Waals surface area contributed by atoms with Gasteiger partial charge < -0.3 is 14.3 Å². The van der Waals surface area contributed by atoms with E-state index in [1.807, 2.05) is 0 Å². The third-order valence-corrected chi connectivity index (χ3v) is 4.91. The molecule has 0 rings (SSSR count). The highest BCUT2D eigenvalue weighted by Gasteiger charge is 2.51. The van der Waals surface area contributed by atoms with Crippen LogP contribution in [0, 0.1) is 0 Å². The molecular weight excluding hydrogens is 177 g/mol. The molecule has 0 saturated heterocycles. The number of nitrogens with zero attached hydrogens (tertiary/aromatic N) is 1. The minimum Gasteiger partial charge on any atom is -0.320 e. The minimum atomic E-state index is -4.04. The fraction of sp³-hybridized carbons (Fsp3) is 1.00. The predicted molar refractivity (Wildman–Crippen MR) is 48.8 cm³/mol. The molecule has 0 fully saturated rings. The average molecular weight is 196 g/mol. The zero-order valence-corrected chi connectivity index (χ0v) is 9.30. The van der Waals surface area contributed by atoms with E-state index in [9.17, 15) is 4.57 Å². The first-order valence-electron chi connectivity index (χ1n) is 3.93. The Bertz CT molecular complexity index is 205. The molecule has 74 valence electrons. The van der Waals surface area contributed by atoms with Gasteiger partial charge in [-0.3, -0.25) is 4.57 Å². The van der Waals surface area contributed by atoms with Crippen molar-refractivity contribution in [1.29, 1.82) is 0 Å². The summed E-state index contributed by atoms with van der Waals surface area (Å²) in [4.78, 5) is 18.3. The van der Waals surface area contributed by atoms with E-state index in [2.05, 4.69) is 0 Å². The molecule has 0 amide bonds. The third-order valence-electron chi connectivity index (χ3n) is 2.74. The zero-order valence-electron chi connectivity index (χ0n) is 8.40. The highest BCUT2D eigenvalue weighted by Crippen LogP contribution is 2.55. The number of hydrogen-bond donors (Lipinski definition) is 2. The first kappa shape index (κ1) is 12.1. The largest absolute Gasteiger partial charge is 0.385 e. The van der Waals surface area contributed by atoms with Crippen molar-refractivity contribution in [3.05, 3.63) is 0 Å². The van der Waals surface area contributed by atoms with Crippen LogP contribution in [0.5, 0.6) is 0 Å². The fourth-order valence-corrected chi connectivity index (χ4v) is 2.26. The number of hydrogen-bond acceptors (Lipinski definition) is 1. The summed E-state index contributed by atoms with van der Waals surface area (Å²) in [5.74, 6) is 0. The van der Waals surface area contributed by atoms with E-state index >= 15 is 0 Å². The number of rotatable bonds is 3. The standard InChI is InChI=1S/C7H18NO3P/c1-6-7(2,8(3,4)5)12(9,10)11/h6H2,1-5H3,(H-,9,10,11)/p+1. The van der Waals surface area contributed by atoms with Crippen molar-refractivity contribution in [1.82, 2.24) is 0 Å². The molecule has 0 aromatic carbocycles. The normalized spacial score (nSPS) is 18.9. The molecule has 0 aliphatic rings. The lowest BCUT2D eigenvalue weighted by atomic mass is 10.2. The highest BCUT2D eigenvalue weighted by atomic mass is 31.2. The monoisotopic (exact) mass is 196 g/mol. The molecular formula is C7H19NO3P+. The van der Waals surface area contributed by atoms with Crippen LogP contribution in [0.25, 0.3) is 0 Å². The molecule has 2 N–H and O–H groups in total. The molecule has 1 unspecified atom stereocenters. The van der Waals surface area contributed by atoms with Crippen molar-refractivity contribution < 1.29 is 18.8 Å². The van der Waals surface area contributed by atoms with Gasteiger partial charge in [-0.25, -0.2) is 0 Å². The van der Waals surface area contributed by atoms with Gasteiger partial charge in [0.25, 0.3) is 0 Å². The topological polar surface area (TPSA) is 57.5 Å². The Labute approximate surface area is 74.0 Å². The second-order valence-electron chi connectivity index (χ2n) is 4.13. The molecule has 0 aliphatic heterocycles. The van der Waals surface area contributed by atoms with Crippen LogP contribution < -0.4 is 0 Å². The van der Waals surface area contributed by atoms with Crippen LogP contribution in [-0.4, -0.2) is 40.7 Å². The molecule has 0 spiro atoms. The maximum Gasteiger partial charge on any atom is 0.385 e. The molecule has 4 nitrogen and oxygen atoms in total. The Morgan fingerprint density at radius 1 is 1.33 bits per heavy atom. The molecule has 12 heavy (non-hydrogen) atoms. The summed E-state index contributed by atoms with van der Waals surface area (Å²) in [6, 6.07) is 0. The van der Waals surface area contributed by atoms with Crippen LogP contribution in [0.1, 0.15) is 20.3 Å². The van der Waals surface area contributed by atoms with Crippen LogP contribution in [-0.2, 0) is 4.57 Å². The van der Waals surface area contributed by atoms with Crippen molar-refractivity contribution in [2.75, 3.05) is 21.1 Å². The summed E-state index contributed by atoms with van der Waals surface area (Å²) in [6.45, 7) is 3.41. The summed E-state index contributed by atoms with van der Waals surface area (Å²) in [5.41, 5.74) is 0. The molecule has 5 heteroatoms.